The third kappa shape index (κ3) is 4.64. The van der Waals surface area contributed by atoms with Crippen LogP contribution in [0.2, 0.25) is 0 Å². The Morgan fingerprint density at radius 2 is 1.64 bits per heavy atom. The van der Waals surface area contributed by atoms with Crippen molar-refractivity contribution in [3.63, 3.8) is 0 Å². The fourth-order valence-corrected chi connectivity index (χ4v) is 3.89. The summed E-state index contributed by atoms with van der Waals surface area (Å²) >= 11 is 0. The Hall–Kier alpha value is -3.95. The Balaban J connectivity index is 1.61. The number of aromatic nitrogens is 3. The monoisotopic (exact) mass is 451 g/mol. The molecule has 172 valence electrons. The van der Waals surface area contributed by atoms with E-state index in [4.69, 9.17) is 4.74 Å². The molecule has 3 heterocycles. The summed E-state index contributed by atoms with van der Waals surface area (Å²) in [5, 5.41) is 0. The minimum Gasteiger partial charge on any atom is -0.450 e. The number of pyridine rings is 1. The maximum atomic E-state index is 13.3. The molecule has 1 saturated heterocycles. The van der Waals surface area contributed by atoms with Gasteiger partial charge in [-0.25, -0.2) is 14.6 Å². The van der Waals surface area contributed by atoms with Gasteiger partial charge in [-0.15, -0.1) is 0 Å². The van der Waals surface area contributed by atoms with Crippen LogP contribution >= 0.6 is 0 Å². The van der Waals surface area contributed by atoms with E-state index in [9.17, 15) is 19.2 Å². The molecule has 2 aromatic heterocycles. The van der Waals surface area contributed by atoms with Crippen molar-refractivity contribution in [2.75, 3.05) is 32.8 Å². The van der Waals surface area contributed by atoms with Gasteiger partial charge in [-0.3, -0.25) is 18.7 Å². The zero-order valence-electron chi connectivity index (χ0n) is 18.3. The molecule has 10 nitrogen and oxygen atoms in total. The number of fused-ring (bicyclic) bond motifs is 1. The van der Waals surface area contributed by atoms with Crippen molar-refractivity contribution in [1.29, 1.82) is 0 Å². The predicted molar refractivity (Wildman–Crippen MR) is 121 cm³/mol. The van der Waals surface area contributed by atoms with Crippen molar-refractivity contribution in [1.82, 2.24) is 23.9 Å². The van der Waals surface area contributed by atoms with E-state index < -0.39 is 17.3 Å². The van der Waals surface area contributed by atoms with Crippen LogP contribution in [-0.4, -0.2) is 68.7 Å². The summed E-state index contributed by atoms with van der Waals surface area (Å²) in [7, 11) is 0. The summed E-state index contributed by atoms with van der Waals surface area (Å²) in [5.74, 6) is -0.268. The number of amides is 2. The molecule has 0 saturated carbocycles. The predicted octanol–water partition coefficient (Wildman–Crippen LogP) is 0.907. The summed E-state index contributed by atoms with van der Waals surface area (Å²) in [6.07, 6.45) is 1.09. The number of ether oxygens (including phenoxy) is 1. The van der Waals surface area contributed by atoms with Gasteiger partial charge in [-0.2, -0.15) is 0 Å². The molecule has 2 amide bonds. The number of piperazine rings is 1. The van der Waals surface area contributed by atoms with Crippen LogP contribution in [0, 0.1) is 0 Å². The Bertz CT molecular complexity index is 1280. The highest BCUT2D eigenvalue weighted by molar-refractivity contribution is 5.80. The smallest absolute Gasteiger partial charge is 0.409 e. The lowest BCUT2D eigenvalue weighted by molar-refractivity contribution is -0.133. The highest BCUT2D eigenvalue weighted by Crippen LogP contribution is 2.09. The van der Waals surface area contributed by atoms with Gasteiger partial charge in [-0.1, -0.05) is 30.3 Å². The van der Waals surface area contributed by atoms with Gasteiger partial charge in [0.05, 0.1) is 18.7 Å². The molecule has 3 aromatic rings. The van der Waals surface area contributed by atoms with Gasteiger partial charge >= 0.3 is 11.8 Å². The fraction of sp³-hybridized carbons (Fsp3) is 0.348. The topological polar surface area (TPSA) is 107 Å². The molecule has 1 aromatic carbocycles. The van der Waals surface area contributed by atoms with Crippen LogP contribution in [0.15, 0.2) is 58.3 Å². The molecule has 1 aliphatic heterocycles. The molecule has 0 radical (unpaired) electrons. The summed E-state index contributed by atoms with van der Waals surface area (Å²) in [6, 6.07) is 12.4. The molecule has 0 bridgehead atoms. The van der Waals surface area contributed by atoms with E-state index in [1.807, 2.05) is 30.3 Å². The first-order chi connectivity index (χ1) is 16.0. The number of rotatable bonds is 5. The van der Waals surface area contributed by atoms with E-state index in [2.05, 4.69) is 4.98 Å². The van der Waals surface area contributed by atoms with Crippen molar-refractivity contribution in [2.45, 2.75) is 20.0 Å². The van der Waals surface area contributed by atoms with Crippen LogP contribution in [0.5, 0.6) is 0 Å². The van der Waals surface area contributed by atoms with Crippen molar-refractivity contribution < 1.29 is 14.3 Å². The van der Waals surface area contributed by atoms with Gasteiger partial charge in [0.1, 0.15) is 6.54 Å². The highest BCUT2D eigenvalue weighted by Gasteiger charge is 2.26. The molecule has 0 spiro atoms. The van der Waals surface area contributed by atoms with Crippen molar-refractivity contribution >= 4 is 23.0 Å². The van der Waals surface area contributed by atoms with E-state index in [1.54, 1.807) is 28.9 Å². The van der Waals surface area contributed by atoms with E-state index in [0.717, 1.165) is 10.1 Å². The van der Waals surface area contributed by atoms with E-state index in [1.165, 1.54) is 10.8 Å². The Morgan fingerprint density at radius 3 is 2.33 bits per heavy atom. The maximum absolute atomic E-state index is 13.3. The molecule has 0 unspecified atom stereocenters. The van der Waals surface area contributed by atoms with Gasteiger partial charge < -0.3 is 14.5 Å². The second-order valence-electron chi connectivity index (χ2n) is 7.68. The molecular formula is C23H25N5O5. The lowest BCUT2D eigenvalue weighted by atomic mass is 10.2. The fourth-order valence-electron chi connectivity index (χ4n) is 3.89. The number of benzene rings is 1. The normalized spacial score (nSPS) is 13.8. The molecule has 0 aliphatic carbocycles. The van der Waals surface area contributed by atoms with Crippen molar-refractivity contribution in [3.05, 3.63) is 75.1 Å². The number of carbonyl (C=O) groups excluding carboxylic acids is 2. The Morgan fingerprint density at radius 1 is 0.939 bits per heavy atom. The van der Waals surface area contributed by atoms with Gasteiger partial charge in [0, 0.05) is 32.4 Å². The van der Waals surface area contributed by atoms with E-state index in [-0.39, 0.29) is 24.5 Å². The Labute approximate surface area is 189 Å². The second kappa shape index (κ2) is 9.68. The molecule has 1 fully saturated rings. The van der Waals surface area contributed by atoms with E-state index >= 15 is 0 Å². The maximum Gasteiger partial charge on any atom is 0.409 e. The minimum absolute atomic E-state index is 0.0808. The van der Waals surface area contributed by atoms with Crippen molar-refractivity contribution in [3.8, 4) is 0 Å². The van der Waals surface area contributed by atoms with Crippen LogP contribution < -0.4 is 11.2 Å². The molecule has 4 rings (SSSR count). The summed E-state index contributed by atoms with van der Waals surface area (Å²) in [6.45, 7) is 3.28. The number of hydrogen-bond donors (Lipinski definition) is 0. The van der Waals surface area contributed by atoms with E-state index in [0.29, 0.717) is 38.3 Å². The lowest BCUT2D eigenvalue weighted by Crippen LogP contribution is -2.52. The summed E-state index contributed by atoms with van der Waals surface area (Å²) < 4.78 is 7.41. The van der Waals surface area contributed by atoms with Crippen LogP contribution in [0.4, 0.5) is 4.79 Å². The summed E-state index contributed by atoms with van der Waals surface area (Å²) in [5.41, 5.74) is 0.178. The molecular weight excluding hydrogens is 426 g/mol. The zero-order chi connectivity index (χ0) is 23.4. The second-order valence-corrected chi connectivity index (χ2v) is 7.68. The zero-order valence-corrected chi connectivity index (χ0v) is 18.3. The largest absolute Gasteiger partial charge is 0.450 e. The van der Waals surface area contributed by atoms with Crippen LogP contribution in [0.25, 0.3) is 11.0 Å². The third-order valence-electron chi connectivity index (χ3n) is 5.62. The highest BCUT2D eigenvalue weighted by atomic mass is 16.6. The van der Waals surface area contributed by atoms with Crippen LogP contribution in [0.3, 0.4) is 0 Å². The van der Waals surface area contributed by atoms with Crippen LogP contribution in [-0.2, 0) is 22.6 Å². The molecule has 0 N–H and O–H groups in total. The van der Waals surface area contributed by atoms with Gasteiger partial charge in [0.2, 0.25) is 5.91 Å². The lowest BCUT2D eigenvalue weighted by Gasteiger charge is -2.34. The van der Waals surface area contributed by atoms with Gasteiger partial charge in [0.25, 0.3) is 5.56 Å². The number of nitrogens with zero attached hydrogens (tertiary/aromatic N) is 5. The first-order valence-corrected chi connectivity index (χ1v) is 10.8. The van der Waals surface area contributed by atoms with Crippen molar-refractivity contribution in [2.24, 2.45) is 0 Å². The quantitative estimate of drug-likeness (QED) is 0.571. The molecule has 33 heavy (non-hydrogen) atoms. The first-order valence-electron chi connectivity index (χ1n) is 10.8. The Kier molecular flexibility index (Phi) is 6.53. The average molecular weight is 451 g/mol. The third-order valence-corrected chi connectivity index (χ3v) is 5.62. The van der Waals surface area contributed by atoms with Crippen LogP contribution in [0.1, 0.15) is 12.5 Å². The summed E-state index contributed by atoms with van der Waals surface area (Å²) in [4.78, 5) is 58.6. The SMILES string of the molecule is CCOC(=O)N1CCN(C(=O)Cn2c(=O)n(Cc3ccccc3)c(=O)c3ncccc32)CC1. The molecule has 0 atom stereocenters. The average Bonchev–Trinajstić information content (AvgIpc) is 2.85. The first kappa shape index (κ1) is 22.3. The standard InChI is InChI=1S/C23H25N5O5/c1-2-33-23(32)26-13-11-25(12-14-26)19(29)16-27-18-9-6-10-24-20(18)21(30)28(22(27)31)15-17-7-4-3-5-8-17/h3-10H,2,11-16H2,1H3. The number of carbonyl (C=O) groups is 2. The molecule has 1 aliphatic rings. The van der Waals surface area contributed by atoms with Gasteiger partial charge in [0.15, 0.2) is 5.52 Å². The molecule has 10 heteroatoms. The minimum atomic E-state index is -0.567. The van der Waals surface area contributed by atoms with Gasteiger partial charge in [-0.05, 0) is 24.6 Å². The number of hydrogen-bond acceptors (Lipinski definition) is 6.